The van der Waals surface area contributed by atoms with Crippen molar-refractivity contribution in [3.05, 3.63) is 29.1 Å². The summed E-state index contributed by atoms with van der Waals surface area (Å²) in [4.78, 5) is 10.6. The van der Waals surface area contributed by atoms with Crippen molar-refractivity contribution in [1.29, 1.82) is 5.26 Å². The van der Waals surface area contributed by atoms with Gasteiger partial charge in [0.05, 0.1) is 5.56 Å². The fraction of sp³-hybridized carbons (Fsp3) is 0.200. The Kier molecular flexibility index (Phi) is 4.12. The zero-order valence-electron chi connectivity index (χ0n) is 8.60. The molecule has 0 saturated carbocycles. The molecular weight excluding hydrogens is 255 g/mol. The number of nitriles is 1. The van der Waals surface area contributed by atoms with Crippen LogP contribution in [0.1, 0.15) is 17.2 Å². The Bertz CT molecular complexity index is 513. The number of halogens is 3. The Morgan fingerprint density at radius 2 is 2.06 bits per heavy atom. The number of ether oxygens (including phenoxy) is 1. The average Bonchev–Trinajstić information content (AvgIpc) is 2.29. The van der Waals surface area contributed by atoms with Gasteiger partial charge in [0.2, 0.25) is 0 Å². The van der Waals surface area contributed by atoms with Crippen molar-refractivity contribution in [3.63, 3.8) is 0 Å². The number of carboxylic acid groups (broad SMARTS) is 1. The van der Waals surface area contributed by atoms with Gasteiger partial charge in [-0.05, 0) is 12.1 Å². The van der Waals surface area contributed by atoms with Gasteiger partial charge in [0.1, 0.15) is 17.6 Å². The van der Waals surface area contributed by atoms with Gasteiger partial charge in [-0.15, -0.1) is 0 Å². The van der Waals surface area contributed by atoms with Crippen LogP contribution in [0.4, 0.5) is 13.2 Å². The van der Waals surface area contributed by atoms with Crippen LogP contribution in [0.15, 0.2) is 12.1 Å². The third kappa shape index (κ3) is 2.89. The molecule has 1 aromatic rings. The molecule has 8 heteroatoms. The van der Waals surface area contributed by atoms with Crippen molar-refractivity contribution in [2.45, 2.75) is 12.7 Å². The molecule has 2 N–H and O–H groups in total. The van der Waals surface area contributed by atoms with Crippen molar-refractivity contribution in [1.82, 2.24) is 0 Å². The first kappa shape index (κ1) is 13.8. The van der Waals surface area contributed by atoms with Crippen LogP contribution in [0.2, 0.25) is 0 Å². The summed E-state index contributed by atoms with van der Waals surface area (Å²) in [7, 11) is 0. The monoisotopic (exact) mass is 261 g/mol. The molecule has 0 bridgehead atoms. The first-order valence-corrected chi connectivity index (χ1v) is 4.46. The molecule has 0 aliphatic carbocycles. The molecule has 1 rings (SSSR count). The first-order chi connectivity index (χ1) is 8.36. The predicted molar refractivity (Wildman–Crippen MR) is 50.3 cm³/mol. The molecule has 0 fully saturated rings. The summed E-state index contributed by atoms with van der Waals surface area (Å²) in [5, 5.41) is 26.4. The van der Waals surface area contributed by atoms with Gasteiger partial charge in [-0.1, -0.05) is 0 Å². The summed E-state index contributed by atoms with van der Waals surface area (Å²) in [6.07, 6.45) is -2.28. The first-order valence-electron chi connectivity index (χ1n) is 4.46. The van der Waals surface area contributed by atoms with Gasteiger partial charge in [-0.3, -0.25) is 0 Å². The number of carboxylic acids is 1. The normalized spacial score (nSPS) is 12.0. The molecule has 5 nitrogen and oxygen atoms in total. The molecule has 1 atom stereocenters. The second-order valence-corrected chi connectivity index (χ2v) is 3.10. The van der Waals surface area contributed by atoms with E-state index in [0.717, 1.165) is 0 Å². The van der Waals surface area contributed by atoms with Gasteiger partial charge in [0.15, 0.2) is 6.10 Å². The zero-order chi connectivity index (χ0) is 13.9. The molecule has 0 heterocycles. The number of alkyl halides is 2. The Morgan fingerprint density at radius 3 is 2.50 bits per heavy atom. The van der Waals surface area contributed by atoms with E-state index in [0.29, 0.717) is 12.1 Å². The second-order valence-electron chi connectivity index (χ2n) is 3.10. The highest BCUT2D eigenvalue weighted by atomic mass is 19.3. The summed E-state index contributed by atoms with van der Waals surface area (Å²) in [6, 6.07) is 2.48. The second kappa shape index (κ2) is 5.37. The fourth-order valence-electron chi connectivity index (χ4n) is 1.25. The molecule has 0 spiro atoms. The molecule has 0 radical (unpaired) electrons. The summed E-state index contributed by atoms with van der Waals surface area (Å²) >= 11 is 0. The summed E-state index contributed by atoms with van der Waals surface area (Å²) in [5.74, 6) is -3.70. The molecule has 0 saturated heterocycles. The number of aliphatic hydroxyl groups excluding tert-OH is 1. The Morgan fingerprint density at radius 1 is 1.44 bits per heavy atom. The lowest BCUT2D eigenvalue weighted by Crippen LogP contribution is -2.15. The Balaban J connectivity index is 3.42. The van der Waals surface area contributed by atoms with Crippen molar-refractivity contribution >= 4 is 5.97 Å². The van der Waals surface area contributed by atoms with Gasteiger partial charge < -0.3 is 14.9 Å². The molecule has 0 aromatic heterocycles. The van der Waals surface area contributed by atoms with Gasteiger partial charge in [0.25, 0.3) is 0 Å². The van der Waals surface area contributed by atoms with E-state index in [2.05, 4.69) is 4.74 Å². The number of nitrogens with zero attached hydrogens (tertiary/aromatic N) is 1. The van der Waals surface area contributed by atoms with Crippen LogP contribution >= 0.6 is 0 Å². The number of rotatable bonds is 4. The lowest BCUT2D eigenvalue weighted by Gasteiger charge is -2.14. The van der Waals surface area contributed by atoms with Crippen LogP contribution in [0.25, 0.3) is 0 Å². The van der Waals surface area contributed by atoms with Crippen molar-refractivity contribution in [2.24, 2.45) is 0 Å². The van der Waals surface area contributed by atoms with Crippen LogP contribution in [0.5, 0.6) is 5.75 Å². The van der Waals surface area contributed by atoms with Gasteiger partial charge in [-0.25, -0.2) is 9.18 Å². The van der Waals surface area contributed by atoms with Crippen LogP contribution in [0, 0.1) is 17.1 Å². The largest absolute Gasteiger partial charge is 0.479 e. The van der Waals surface area contributed by atoms with Crippen molar-refractivity contribution in [3.8, 4) is 11.8 Å². The Labute approximate surface area is 98.6 Å². The maximum Gasteiger partial charge on any atom is 0.387 e. The number of carbonyl (C=O) groups is 1. The quantitative estimate of drug-likeness (QED) is 0.855. The van der Waals surface area contributed by atoms with E-state index in [9.17, 15) is 23.1 Å². The van der Waals surface area contributed by atoms with Crippen molar-refractivity contribution in [2.75, 3.05) is 0 Å². The van der Waals surface area contributed by atoms with E-state index in [1.54, 1.807) is 0 Å². The molecule has 0 aliphatic heterocycles. The van der Waals surface area contributed by atoms with Crippen LogP contribution in [0.3, 0.4) is 0 Å². The van der Waals surface area contributed by atoms with E-state index in [-0.39, 0.29) is 0 Å². The minimum Gasteiger partial charge on any atom is -0.479 e. The Hall–Kier alpha value is -2.27. The predicted octanol–water partition coefficient (Wildman–Crippen LogP) is 1.42. The highest BCUT2D eigenvalue weighted by Gasteiger charge is 2.25. The van der Waals surface area contributed by atoms with Gasteiger partial charge in [-0.2, -0.15) is 14.0 Å². The fourth-order valence-corrected chi connectivity index (χ4v) is 1.25. The molecule has 1 unspecified atom stereocenters. The minimum atomic E-state index is -3.35. The van der Waals surface area contributed by atoms with Crippen LogP contribution < -0.4 is 4.74 Å². The van der Waals surface area contributed by atoms with Crippen molar-refractivity contribution < 1.29 is 32.9 Å². The third-order valence-corrected chi connectivity index (χ3v) is 1.94. The van der Waals surface area contributed by atoms with E-state index in [1.165, 1.54) is 6.07 Å². The standard InChI is InChI=1S/C10H6F3NO4/c11-5-1-4(3-14)8(18-10(12)13)6(2-5)7(15)9(16)17/h1-2,7,10,15H,(H,16,17). The molecule has 0 aliphatic rings. The lowest BCUT2D eigenvalue weighted by atomic mass is 10.0. The maximum absolute atomic E-state index is 13.1. The highest BCUT2D eigenvalue weighted by Crippen LogP contribution is 2.31. The third-order valence-electron chi connectivity index (χ3n) is 1.94. The minimum absolute atomic E-state index is 0.511. The number of aliphatic carboxylic acids is 1. The van der Waals surface area contributed by atoms with Gasteiger partial charge >= 0.3 is 12.6 Å². The average molecular weight is 261 g/mol. The number of hydrogen-bond donors (Lipinski definition) is 2. The molecular formula is C10H6F3NO4. The SMILES string of the molecule is N#Cc1cc(F)cc(C(O)C(=O)O)c1OC(F)F. The summed E-state index contributed by atoms with van der Waals surface area (Å²) < 4.78 is 41.3. The summed E-state index contributed by atoms with van der Waals surface area (Å²) in [6.45, 7) is -3.35. The smallest absolute Gasteiger partial charge is 0.387 e. The molecule has 18 heavy (non-hydrogen) atoms. The zero-order valence-corrected chi connectivity index (χ0v) is 8.60. The maximum atomic E-state index is 13.1. The van der Waals surface area contributed by atoms with E-state index < -0.39 is 41.4 Å². The number of aliphatic hydroxyl groups is 1. The van der Waals surface area contributed by atoms with E-state index in [4.69, 9.17) is 10.4 Å². The number of hydrogen-bond acceptors (Lipinski definition) is 4. The van der Waals surface area contributed by atoms with E-state index in [1.807, 2.05) is 0 Å². The molecule has 0 amide bonds. The summed E-state index contributed by atoms with van der Waals surface area (Å²) in [5.41, 5.74) is -1.38. The van der Waals surface area contributed by atoms with E-state index >= 15 is 0 Å². The topological polar surface area (TPSA) is 90.5 Å². The molecule has 1 aromatic carbocycles. The number of benzene rings is 1. The van der Waals surface area contributed by atoms with Gasteiger partial charge in [0, 0.05) is 5.56 Å². The van der Waals surface area contributed by atoms with Crippen LogP contribution in [-0.2, 0) is 4.79 Å². The lowest BCUT2D eigenvalue weighted by molar-refractivity contribution is -0.147. The highest BCUT2D eigenvalue weighted by molar-refractivity contribution is 5.76. The van der Waals surface area contributed by atoms with Crippen LogP contribution in [-0.4, -0.2) is 22.8 Å². The molecule has 96 valence electrons.